The van der Waals surface area contributed by atoms with Gasteiger partial charge in [0, 0.05) is 25.2 Å². The molecule has 2 unspecified atom stereocenters. The Bertz CT molecular complexity index is 431. The van der Waals surface area contributed by atoms with Gasteiger partial charge in [0.05, 0.1) is 9.88 Å². The molecule has 98 valence electrons. The molecule has 0 spiro atoms. The van der Waals surface area contributed by atoms with Gasteiger partial charge in [-0.1, -0.05) is 6.42 Å². The van der Waals surface area contributed by atoms with Crippen molar-refractivity contribution < 1.29 is 4.79 Å². The average molecular weight is 264 g/mol. The third-order valence-corrected chi connectivity index (χ3v) is 5.25. The minimum absolute atomic E-state index is 0.553. The normalized spacial score (nSPS) is 29.1. The largest absolute Gasteiger partial charge is 0.358 e. The van der Waals surface area contributed by atoms with Crippen LogP contribution in [-0.2, 0) is 0 Å². The van der Waals surface area contributed by atoms with E-state index in [0.717, 1.165) is 23.7 Å². The number of hydrogen-bond donors (Lipinski definition) is 0. The van der Waals surface area contributed by atoms with Gasteiger partial charge in [0.15, 0.2) is 6.29 Å². The van der Waals surface area contributed by atoms with Crippen molar-refractivity contribution in [2.45, 2.75) is 38.3 Å². The van der Waals surface area contributed by atoms with E-state index in [4.69, 9.17) is 0 Å². The summed E-state index contributed by atoms with van der Waals surface area (Å²) in [5, 5.41) is 1.26. The molecule has 2 aliphatic heterocycles. The summed E-state index contributed by atoms with van der Waals surface area (Å²) in [6.45, 7) is 5.86. The highest BCUT2D eigenvalue weighted by Gasteiger charge is 2.33. The van der Waals surface area contributed by atoms with Crippen molar-refractivity contribution in [3.8, 4) is 0 Å². The van der Waals surface area contributed by atoms with Crippen molar-refractivity contribution >= 4 is 22.6 Å². The number of fused-ring (bicyclic) bond motifs is 1. The Morgan fingerprint density at radius 1 is 1.33 bits per heavy atom. The number of rotatable bonds is 2. The first-order valence-electron chi connectivity index (χ1n) is 6.83. The average Bonchev–Trinajstić information content (AvgIpc) is 2.86. The van der Waals surface area contributed by atoms with Gasteiger partial charge < -0.3 is 4.90 Å². The summed E-state index contributed by atoms with van der Waals surface area (Å²) >= 11 is 1.62. The molecule has 0 bridgehead atoms. The standard InChI is InChI=1S/C14H20N2OS/c1-11-8-15-7-3-2-4-12(15)9-16(11)14-6-5-13(10-17)18-14/h5-6,10-12H,2-4,7-9H2,1H3. The summed E-state index contributed by atoms with van der Waals surface area (Å²) in [5.74, 6) is 0. The van der Waals surface area contributed by atoms with Crippen LogP contribution in [0.2, 0.25) is 0 Å². The van der Waals surface area contributed by atoms with Gasteiger partial charge in [-0.3, -0.25) is 9.69 Å². The van der Waals surface area contributed by atoms with Gasteiger partial charge >= 0.3 is 0 Å². The molecule has 3 heterocycles. The van der Waals surface area contributed by atoms with E-state index in [2.05, 4.69) is 22.8 Å². The third-order valence-electron chi connectivity index (χ3n) is 4.20. The first-order valence-corrected chi connectivity index (χ1v) is 7.65. The molecule has 2 atom stereocenters. The smallest absolute Gasteiger partial charge is 0.160 e. The summed E-state index contributed by atoms with van der Waals surface area (Å²) in [5.41, 5.74) is 0. The lowest BCUT2D eigenvalue weighted by Gasteiger charge is -2.48. The fourth-order valence-electron chi connectivity index (χ4n) is 3.22. The number of thiophene rings is 1. The van der Waals surface area contributed by atoms with E-state index in [0.29, 0.717) is 6.04 Å². The van der Waals surface area contributed by atoms with E-state index < -0.39 is 0 Å². The first kappa shape index (κ1) is 12.2. The highest BCUT2D eigenvalue weighted by Crippen LogP contribution is 2.32. The van der Waals surface area contributed by atoms with E-state index >= 15 is 0 Å². The molecule has 2 saturated heterocycles. The number of nitrogens with zero attached hydrogens (tertiary/aromatic N) is 2. The van der Waals surface area contributed by atoms with Crippen LogP contribution in [0.25, 0.3) is 0 Å². The monoisotopic (exact) mass is 264 g/mol. The van der Waals surface area contributed by atoms with E-state index in [-0.39, 0.29) is 0 Å². The van der Waals surface area contributed by atoms with Crippen molar-refractivity contribution in [3.05, 3.63) is 17.0 Å². The molecule has 0 amide bonds. The first-order chi connectivity index (χ1) is 8.78. The molecule has 0 radical (unpaired) electrons. The molecule has 2 fully saturated rings. The van der Waals surface area contributed by atoms with Gasteiger partial charge in [-0.25, -0.2) is 0 Å². The van der Waals surface area contributed by atoms with E-state index in [1.165, 1.54) is 37.4 Å². The SMILES string of the molecule is CC1CN2CCCCC2CN1c1ccc(C=O)s1. The van der Waals surface area contributed by atoms with Crippen molar-refractivity contribution in [2.75, 3.05) is 24.5 Å². The Morgan fingerprint density at radius 2 is 2.22 bits per heavy atom. The number of carbonyl (C=O) groups excluding carboxylic acids is 1. The van der Waals surface area contributed by atoms with Crippen molar-refractivity contribution in [1.29, 1.82) is 0 Å². The molecule has 0 aliphatic carbocycles. The topological polar surface area (TPSA) is 23.6 Å². The Balaban J connectivity index is 1.77. The molecular formula is C14H20N2OS. The molecule has 3 rings (SSSR count). The van der Waals surface area contributed by atoms with E-state index in [1.54, 1.807) is 11.3 Å². The zero-order valence-corrected chi connectivity index (χ0v) is 11.7. The zero-order valence-electron chi connectivity index (χ0n) is 10.8. The maximum atomic E-state index is 10.8. The van der Waals surface area contributed by atoms with Crippen LogP contribution >= 0.6 is 11.3 Å². The number of aldehydes is 1. The van der Waals surface area contributed by atoms with Gasteiger partial charge in [0.1, 0.15) is 0 Å². The Labute approximate surface area is 112 Å². The third kappa shape index (κ3) is 2.19. The van der Waals surface area contributed by atoms with Crippen LogP contribution < -0.4 is 4.90 Å². The number of hydrogen-bond acceptors (Lipinski definition) is 4. The Morgan fingerprint density at radius 3 is 3.00 bits per heavy atom. The van der Waals surface area contributed by atoms with Crippen LogP contribution in [0, 0.1) is 0 Å². The van der Waals surface area contributed by atoms with E-state index in [9.17, 15) is 4.79 Å². The van der Waals surface area contributed by atoms with Crippen molar-refractivity contribution in [2.24, 2.45) is 0 Å². The fourth-order valence-corrected chi connectivity index (χ4v) is 4.15. The van der Waals surface area contributed by atoms with Crippen molar-refractivity contribution in [3.63, 3.8) is 0 Å². The summed E-state index contributed by atoms with van der Waals surface area (Å²) in [6.07, 6.45) is 5.01. The lowest BCUT2D eigenvalue weighted by molar-refractivity contribution is 0.112. The number of piperidine rings is 1. The molecule has 0 saturated carbocycles. The predicted octanol–water partition coefficient (Wildman–Crippen LogP) is 2.62. The lowest BCUT2D eigenvalue weighted by atomic mass is 9.97. The molecule has 2 aliphatic rings. The second-order valence-electron chi connectivity index (χ2n) is 5.44. The zero-order chi connectivity index (χ0) is 12.5. The second-order valence-corrected chi connectivity index (χ2v) is 6.53. The van der Waals surface area contributed by atoms with Gasteiger partial charge in [-0.05, 0) is 38.4 Å². The summed E-state index contributed by atoms with van der Waals surface area (Å²) in [4.78, 5) is 16.8. The molecule has 1 aromatic rings. The van der Waals surface area contributed by atoms with Gasteiger partial charge in [-0.2, -0.15) is 0 Å². The second kappa shape index (κ2) is 5.02. The van der Waals surface area contributed by atoms with Gasteiger partial charge in [0.25, 0.3) is 0 Å². The highest BCUT2D eigenvalue weighted by atomic mass is 32.1. The summed E-state index contributed by atoms with van der Waals surface area (Å²) in [6, 6.07) is 5.31. The molecule has 4 heteroatoms. The maximum absolute atomic E-state index is 10.8. The van der Waals surface area contributed by atoms with Crippen LogP contribution in [-0.4, -0.2) is 42.9 Å². The Hall–Kier alpha value is -0.870. The van der Waals surface area contributed by atoms with Crippen LogP contribution in [0.5, 0.6) is 0 Å². The lowest BCUT2D eigenvalue weighted by Crippen LogP contribution is -2.58. The molecule has 0 aromatic carbocycles. The molecule has 3 nitrogen and oxygen atoms in total. The minimum atomic E-state index is 0.553. The molecule has 0 N–H and O–H groups in total. The number of carbonyl (C=O) groups is 1. The highest BCUT2D eigenvalue weighted by molar-refractivity contribution is 7.17. The quantitative estimate of drug-likeness (QED) is 0.767. The molecule has 1 aromatic heterocycles. The molecular weight excluding hydrogens is 244 g/mol. The van der Waals surface area contributed by atoms with Gasteiger partial charge in [-0.15, -0.1) is 11.3 Å². The van der Waals surface area contributed by atoms with Crippen LogP contribution in [0.3, 0.4) is 0 Å². The van der Waals surface area contributed by atoms with Crippen molar-refractivity contribution in [1.82, 2.24) is 4.90 Å². The number of piperazine rings is 1. The fraction of sp³-hybridized carbons (Fsp3) is 0.643. The van der Waals surface area contributed by atoms with E-state index in [1.807, 2.05) is 6.07 Å². The summed E-state index contributed by atoms with van der Waals surface area (Å²) in [7, 11) is 0. The number of anilines is 1. The predicted molar refractivity (Wildman–Crippen MR) is 75.7 cm³/mol. The van der Waals surface area contributed by atoms with Crippen LogP contribution in [0.4, 0.5) is 5.00 Å². The van der Waals surface area contributed by atoms with Crippen LogP contribution in [0.15, 0.2) is 12.1 Å². The summed E-state index contributed by atoms with van der Waals surface area (Å²) < 4.78 is 0. The molecule has 18 heavy (non-hydrogen) atoms. The minimum Gasteiger partial charge on any atom is -0.358 e. The Kier molecular flexibility index (Phi) is 3.39. The maximum Gasteiger partial charge on any atom is 0.160 e. The van der Waals surface area contributed by atoms with Crippen LogP contribution in [0.1, 0.15) is 35.9 Å². The van der Waals surface area contributed by atoms with Gasteiger partial charge in [0.2, 0.25) is 0 Å².